The van der Waals surface area contributed by atoms with Crippen LogP contribution in [0.2, 0.25) is 0 Å². The third-order valence-corrected chi connectivity index (χ3v) is 9.26. The zero-order valence-corrected chi connectivity index (χ0v) is 22.5. The first kappa shape index (κ1) is 27.2. The zero-order valence-electron chi connectivity index (χ0n) is 22.5. The topological polar surface area (TPSA) is 171 Å². The number of nitrogens with two attached hydrogens (primary N) is 1. The Hall–Kier alpha value is -3.37. The standard InChI is InChI=1S/C29H36N2O8/c1-13(2)14-4-6-31(7-5-14)12-16-10-19(32)22-18(25(16)39-3)9-15-8-17-11-20(33)23(28(30)37)27(36)29(17,38)26(35)21(15)24(22)34/h10,13-15,17,32,34,36,38H,4-9,11-12H2,1-3H3,(H2,30,37)/t15?,17-,29-/m0/s1. The van der Waals surface area contributed by atoms with Crippen molar-refractivity contribution in [2.45, 2.75) is 58.1 Å². The highest BCUT2D eigenvalue weighted by Crippen LogP contribution is 2.53. The van der Waals surface area contributed by atoms with Gasteiger partial charge in [0, 0.05) is 35.6 Å². The lowest BCUT2D eigenvalue weighted by molar-refractivity contribution is -0.147. The van der Waals surface area contributed by atoms with Crippen LogP contribution < -0.4 is 10.5 Å². The molecule has 2 fully saturated rings. The molecule has 3 atom stereocenters. The molecule has 1 aromatic rings. The van der Waals surface area contributed by atoms with E-state index in [0.29, 0.717) is 29.7 Å². The number of rotatable bonds is 5. The molecule has 0 spiro atoms. The third kappa shape index (κ3) is 4.12. The van der Waals surface area contributed by atoms with Gasteiger partial charge in [-0.2, -0.15) is 0 Å². The summed E-state index contributed by atoms with van der Waals surface area (Å²) in [7, 11) is 1.52. The van der Waals surface area contributed by atoms with E-state index < -0.39 is 52.0 Å². The smallest absolute Gasteiger partial charge is 0.255 e. The Morgan fingerprint density at radius 2 is 1.85 bits per heavy atom. The van der Waals surface area contributed by atoms with E-state index in [1.54, 1.807) is 0 Å². The van der Waals surface area contributed by atoms with Gasteiger partial charge in [0.2, 0.25) is 5.78 Å². The van der Waals surface area contributed by atoms with Crippen LogP contribution in [0.25, 0.3) is 5.76 Å². The van der Waals surface area contributed by atoms with Gasteiger partial charge in [-0.15, -0.1) is 0 Å². The molecule has 6 N–H and O–H groups in total. The summed E-state index contributed by atoms with van der Waals surface area (Å²) in [5, 5.41) is 44.4. The first-order valence-electron chi connectivity index (χ1n) is 13.5. The highest BCUT2D eigenvalue weighted by molar-refractivity contribution is 6.22. The SMILES string of the molecule is COc1c(CN2CCC(C(C)C)CC2)cc(O)c2c1CC1C[C@H]3CC(=O)C(C(N)=O)=C(O)[C@@]3(O)C(=O)C1=C2O. The number of phenolic OH excluding ortho intramolecular Hbond substituents is 1. The van der Waals surface area contributed by atoms with Gasteiger partial charge in [0.15, 0.2) is 11.4 Å². The summed E-state index contributed by atoms with van der Waals surface area (Å²) in [6, 6.07) is 1.54. The van der Waals surface area contributed by atoms with E-state index in [1.165, 1.54) is 13.2 Å². The van der Waals surface area contributed by atoms with Crippen LogP contribution in [0.3, 0.4) is 0 Å². The number of Topliss-reactive ketones (excluding diaryl/α,β-unsaturated/α-hetero) is 2. The Bertz CT molecular complexity index is 1320. The Morgan fingerprint density at radius 1 is 1.18 bits per heavy atom. The number of carbonyl (C=O) groups is 3. The molecule has 10 heteroatoms. The Morgan fingerprint density at radius 3 is 2.44 bits per heavy atom. The summed E-state index contributed by atoms with van der Waals surface area (Å²) < 4.78 is 5.80. The van der Waals surface area contributed by atoms with Crippen molar-refractivity contribution in [3.63, 3.8) is 0 Å². The molecule has 0 radical (unpaired) electrons. The summed E-state index contributed by atoms with van der Waals surface area (Å²) in [6.07, 6.45) is 2.14. The lowest BCUT2D eigenvalue weighted by atomic mass is 9.59. The zero-order chi connectivity index (χ0) is 28.4. The number of piperidine rings is 1. The molecule has 1 unspecified atom stereocenters. The van der Waals surface area contributed by atoms with Gasteiger partial charge in [-0.3, -0.25) is 19.3 Å². The summed E-state index contributed by atoms with van der Waals surface area (Å²) in [4.78, 5) is 40.3. The third-order valence-electron chi connectivity index (χ3n) is 9.26. The highest BCUT2D eigenvalue weighted by atomic mass is 16.5. The molecule has 0 aromatic heterocycles. The number of phenols is 1. The lowest BCUT2D eigenvalue weighted by Gasteiger charge is -2.46. The Labute approximate surface area is 226 Å². The molecule has 1 aliphatic heterocycles. The monoisotopic (exact) mass is 540 g/mol. The van der Waals surface area contributed by atoms with Gasteiger partial charge in [0.1, 0.15) is 28.6 Å². The average Bonchev–Trinajstić information content (AvgIpc) is 2.86. The van der Waals surface area contributed by atoms with Gasteiger partial charge in [0.05, 0.1) is 12.7 Å². The fourth-order valence-electron chi connectivity index (χ4n) is 7.12. The van der Waals surface area contributed by atoms with Crippen LogP contribution in [0.4, 0.5) is 0 Å². The van der Waals surface area contributed by atoms with Crippen LogP contribution in [-0.2, 0) is 27.3 Å². The molecule has 210 valence electrons. The quantitative estimate of drug-likeness (QED) is 0.352. The van der Waals surface area contributed by atoms with E-state index >= 15 is 0 Å². The van der Waals surface area contributed by atoms with Crippen LogP contribution in [0.1, 0.15) is 56.2 Å². The van der Waals surface area contributed by atoms with Crippen molar-refractivity contribution in [2.75, 3.05) is 20.2 Å². The maximum absolute atomic E-state index is 13.6. The van der Waals surface area contributed by atoms with Crippen molar-refractivity contribution < 1.29 is 39.5 Å². The molecule has 0 bridgehead atoms. The second-order valence-electron chi connectivity index (χ2n) is 11.7. The number of nitrogens with zero attached hydrogens (tertiary/aromatic N) is 1. The van der Waals surface area contributed by atoms with Crippen molar-refractivity contribution in [3.05, 3.63) is 39.7 Å². The summed E-state index contributed by atoms with van der Waals surface area (Å²) in [5.41, 5.74) is 3.06. The molecule has 10 nitrogen and oxygen atoms in total. The minimum Gasteiger partial charge on any atom is -0.508 e. The molecular weight excluding hydrogens is 504 g/mol. The minimum absolute atomic E-state index is 0.0428. The molecule has 1 saturated heterocycles. The van der Waals surface area contributed by atoms with Crippen molar-refractivity contribution in [1.82, 2.24) is 4.90 Å². The van der Waals surface area contributed by atoms with Crippen LogP contribution in [0.15, 0.2) is 23.0 Å². The van der Waals surface area contributed by atoms with E-state index in [-0.39, 0.29) is 36.1 Å². The number of aliphatic hydroxyl groups excluding tert-OH is 2. The molecule has 1 amide bonds. The summed E-state index contributed by atoms with van der Waals surface area (Å²) >= 11 is 0. The predicted octanol–water partition coefficient (Wildman–Crippen LogP) is 2.30. The minimum atomic E-state index is -2.57. The van der Waals surface area contributed by atoms with Gasteiger partial charge >= 0.3 is 0 Å². The second-order valence-corrected chi connectivity index (χ2v) is 11.7. The number of benzene rings is 1. The Balaban J connectivity index is 1.54. The lowest BCUT2D eigenvalue weighted by Crippen LogP contribution is -2.58. The predicted molar refractivity (Wildman–Crippen MR) is 141 cm³/mol. The van der Waals surface area contributed by atoms with E-state index in [9.17, 15) is 34.8 Å². The van der Waals surface area contributed by atoms with E-state index in [1.807, 2.05) is 0 Å². The number of primary amides is 1. The molecular formula is C29H36N2O8. The number of ketones is 2. The number of aromatic hydroxyl groups is 1. The summed E-state index contributed by atoms with van der Waals surface area (Å²) in [5.74, 6) is -4.57. The van der Waals surface area contributed by atoms with Crippen molar-refractivity contribution in [1.29, 1.82) is 0 Å². The number of fused-ring (bicyclic) bond motifs is 3. The normalized spacial score (nSPS) is 27.9. The van der Waals surface area contributed by atoms with Gasteiger partial charge in [-0.1, -0.05) is 13.8 Å². The number of likely N-dealkylation sites (tertiary alicyclic amines) is 1. The molecule has 1 heterocycles. The van der Waals surface area contributed by atoms with Crippen molar-refractivity contribution in [3.8, 4) is 11.5 Å². The maximum Gasteiger partial charge on any atom is 0.255 e. The van der Waals surface area contributed by atoms with Crippen LogP contribution in [0, 0.1) is 23.7 Å². The molecule has 3 aliphatic carbocycles. The molecule has 39 heavy (non-hydrogen) atoms. The van der Waals surface area contributed by atoms with Gasteiger partial charge in [0.25, 0.3) is 5.91 Å². The number of aliphatic hydroxyl groups is 3. The van der Waals surface area contributed by atoms with Gasteiger partial charge in [-0.05, 0) is 62.6 Å². The highest BCUT2D eigenvalue weighted by Gasteiger charge is 2.60. The molecule has 5 rings (SSSR count). The fraction of sp³-hybridized carbons (Fsp3) is 0.552. The number of ether oxygens (including phenoxy) is 1. The Kier molecular flexibility index (Phi) is 6.75. The van der Waals surface area contributed by atoms with Crippen LogP contribution >= 0.6 is 0 Å². The largest absolute Gasteiger partial charge is 0.508 e. The van der Waals surface area contributed by atoms with Gasteiger partial charge < -0.3 is 30.9 Å². The number of amides is 1. The first-order valence-corrected chi connectivity index (χ1v) is 13.5. The van der Waals surface area contributed by atoms with E-state index in [4.69, 9.17) is 10.5 Å². The number of hydrogen-bond acceptors (Lipinski definition) is 9. The van der Waals surface area contributed by atoms with Gasteiger partial charge in [-0.25, -0.2) is 0 Å². The van der Waals surface area contributed by atoms with Crippen LogP contribution in [-0.4, -0.2) is 68.6 Å². The molecule has 4 aliphatic rings. The molecule has 1 saturated carbocycles. The number of methoxy groups -OCH3 is 1. The average molecular weight is 541 g/mol. The van der Waals surface area contributed by atoms with Crippen molar-refractivity contribution in [2.24, 2.45) is 29.4 Å². The summed E-state index contributed by atoms with van der Waals surface area (Å²) in [6.45, 7) is 6.89. The fourth-order valence-corrected chi connectivity index (χ4v) is 7.12. The molecule has 1 aromatic carbocycles. The van der Waals surface area contributed by atoms with E-state index in [0.717, 1.165) is 31.5 Å². The maximum atomic E-state index is 13.6. The second kappa shape index (κ2) is 9.67. The number of carbonyl (C=O) groups excluding carboxylic acids is 3. The first-order chi connectivity index (χ1) is 18.4. The van der Waals surface area contributed by atoms with E-state index in [2.05, 4.69) is 18.7 Å². The van der Waals surface area contributed by atoms with Crippen LogP contribution in [0.5, 0.6) is 11.5 Å². The van der Waals surface area contributed by atoms with Crippen molar-refractivity contribution >= 4 is 23.2 Å². The number of hydrogen-bond donors (Lipinski definition) is 5.